The second-order valence-corrected chi connectivity index (χ2v) is 5.14. The number of hydrogen-bond donors (Lipinski definition) is 1. The van der Waals surface area contributed by atoms with E-state index >= 15 is 0 Å². The van der Waals surface area contributed by atoms with Gasteiger partial charge in [0.15, 0.2) is 11.6 Å². The third-order valence-electron chi connectivity index (χ3n) is 2.83. The molecule has 1 N–H and O–H groups in total. The molecule has 2 aromatic carbocycles. The number of anilines is 1. The van der Waals surface area contributed by atoms with E-state index in [-0.39, 0.29) is 12.0 Å². The van der Waals surface area contributed by atoms with Crippen molar-refractivity contribution >= 4 is 27.5 Å². The van der Waals surface area contributed by atoms with Crippen LogP contribution < -0.4 is 10.1 Å². The molecular formula is C15H12BrF2NO2. The Kier molecular flexibility index (Phi) is 4.90. The molecule has 0 unspecified atom stereocenters. The largest absolute Gasteiger partial charge is 0.497 e. The van der Waals surface area contributed by atoms with Crippen molar-refractivity contribution in [3.8, 4) is 5.75 Å². The fraction of sp³-hybridized carbons (Fsp3) is 0.133. The molecule has 110 valence electrons. The first kappa shape index (κ1) is 15.4. The highest BCUT2D eigenvalue weighted by Crippen LogP contribution is 2.27. The van der Waals surface area contributed by atoms with Gasteiger partial charge in [0.1, 0.15) is 5.75 Å². The number of halogens is 3. The summed E-state index contributed by atoms with van der Waals surface area (Å²) in [5.41, 5.74) is 0.502. The zero-order valence-corrected chi connectivity index (χ0v) is 12.7. The average Bonchev–Trinajstić information content (AvgIpc) is 2.46. The molecule has 6 heteroatoms. The van der Waals surface area contributed by atoms with Gasteiger partial charge in [-0.3, -0.25) is 4.79 Å². The lowest BCUT2D eigenvalue weighted by Crippen LogP contribution is -2.16. The van der Waals surface area contributed by atoms with Crippen molar-refractivity contribution in [3.63, 3.8) is 0 Å². The van der Waals surface area contributed by atoms with Gasteiger partial charge in [-0.25, -0.2) is 8.78 Å². The van der Waals surface area contributed by atoms with Crippen LogP contribution in [0.4, 0.5) is 14.5 Å². The lowest BCUT2D eigenvalue weighted by Gasteiger charge is -2.10. The predicted molar refractivity (Wildman–Crippen MR) is 79.4 cm³/mol. The van der Waals surface area contributed by atoms with Crippen LogP contribution in [0.15, 0.2) is 40.9 Å². The number of carbonyl (C=O) groups excluding carboxylic acids is 1. The number of benzene rings is 2. The monoisotopic (exact) mass is 355 g/mol. The van der Waals surface area contributed by atoms with Gasteiger partial charge in [-0.15, -0.1) is 0 Å². The van der Waals surface area contributed by atoms with Crippen LogP contribution in [0.1, 0.15) is 5.56 Å². The molecule has 0 fully saturated rings. The number of carbonyl (C=O) groups is 1. The van der Waals surface area contributed by atoms with Crippen molar-refractivity contribution in [2.24, 2.45) is 0 Å². The van der Waals surface area contributed by atoms with Gasteiger partial charge in [0, 0.05) is 16.1 Å². The maximum Gasteiger partial charge on any atom is 0.228 e. The molecule has 21 heavy (non-hydrogen) atoms. The third kappa shape index (κ3) is 3.78. The van der Waals surface area contributed by atoms with E-state index in [0.29, 0.717) is 15.9 Å². The van der Waals surface area contributed by atoms with E-state index in [2.05, 4.69) is 21.2 Å². The average molecular weight is 356 g/mol. The maximum atomic E-state index is 13.5. The van der Waals surface area contributed by atoms with E-state index in [9.17, 15) is 13.6 Å². The maximum absolute atomic E-state index is 13.5. The summed E-state index contributed by atoms with van der Waals surface area (Å²) < 4.78 is 32.3. The lowest BCUT2D eigenvalue weighted by atomic mass is 10.1. The predicted octanol–water partition coefficient (Wildman–Crippen LogP) is 3.92. The Hall–Kier alpha value is -1.95. The third-order valence-corrected chi connectivity index (χ3v) is 3.52. The molecule has 2 aromatic rings. The summed E-state index contributed by atoms with van der Waals surface area (Å²) in [5.74, 6) is -1.85. The molecular weight excluding hydrogens is 344 g/mol. The molecule has 0 heterocycles. The van der Waals surface area contributed by atoms with Crippen molar-refractivity contribution < 1.29 is 18.3 Å². The highest BCUT2D eigenvalue weighted by atomic mass is 79.9. The summed E-state index contributed by atoms with van der Waals surface area (Å²) in [4.78, 5) is 11.9. The molecule has 0 aliphatic heterocycles. The fourth-order valence-electron chi connectivity index (χ4n) is 1.78. The molecule has 0 atom stereocenters. The number of nitrogens with one attached hydrogen (secondary N) is 1. The molecule has 1 amide bonds. The van der Waals surface area contributed by atoms with Crippen molar-refractivity contribution in [2.45, 2.75) is 6.42 Å². The SMILES string of the molecule is COc1ccc(Br)c(NC(=O)Cc2cccc(F)c2F)c1. The van der Waals surface area contributed by atoms with Gasteiger partial charge in [-0.2, -0.15) is 0 Å². The molecule has 0 aliphatic rings. The Bertz CT molecular complexity index is 677. The van der Waals surface area contributed by atoms with Crippen LogP contribution in [0.2, 0.25) is 0 Å². The Morgan fingerprint density at radius 3 is 2.76 bits per heavy atom. The van der Waals surface area contributed by atoms with Crippen LogP contribution in [0.3, 0.4) is 0 Å². The topological polar surface area (TPSA) is 38.3 Å². The zero-order chi connectivity index (χ0) is 15.4. The Morgan fingerprint density at radius 2 is 2.05 bits per heavy atom. The lowest BCUT2D eigenvalue weighted by molar-refractivity contribution is -0.115. The molecule has 0 aromatic heterocycles. The van der Waals surface area contributed by atoms with Crippen LogP contribution in [0, 0.1) is 11.6 Å². The second-order valence-electron chi connectivity index (χ2n) is 4.28. The minimum Gasteiger partial charge on any atom is -0.497 e. The van der Waals surface area contributed by atoms with Gasteiger partial charge in [0.05, 0.1) is 19.2 Å². The van der Waals surface area contributed by atoms with Crippen molar-refractivity contribution in [1.82, 2.24) is 0 Å². The normalized spacial score (nSPS) is 10.3. The Morgan fingerprint density at radius 1 is 1.29 bits per heavy atom. The molecule has 0 bridgehead atoms. The van der Waals surface area contributed by atoms with Crippen molar-refractivity contribution in [3.05, 3.63) is 58.1 Å². The molecule has 2 rings (SSSR count). The van der Waals surface area contributed by atoms with E-state index < -0.39 is 17.5 Å². The summed E-state index contributed by atoms with van der Waals surface area (Å²) >= 11 is 3.30. The number of rotatable bonds is 4. The van der Waals surface area contributed by atoms with E-state index in [1.165, 1.54) is 19.2 Å². The van der Waals surface area contributed by atoms with Crippen LogP contribution in [-0.4, -0.2) is 13.0 Å². The molecule has 0 aliphatic carbocycles. The zero-order valence-electron chi connectivity index (χ0n) is 11.1. The summed E-state index contributed by atoms with van der Waals surface area (Å²) in [6.07, 6.45) is -0.257. The first-order chi connectivity index (χ1) is 10.0. The number of ether oxygens (including phenoxy) is 1. The van der Waals surface area contributed by atoms with Gasteiger partial charge >= 0.3 is 0 Å². The first-order valence-corrected chi connectivity index (χ1v) is 6.87. The van der Waals surface area contributed by atoms with E-state index in [1.807, 2.05) is 0 Å². The number of hydrogen-bond acceptors (Lipinski definition) is 2. The Balaban J connectivity index is 2.13. The second kappa shape index (κ2) is 6.67. The first-order valence-electron chi connectivity index (χ1n) is 6.07. The van der Waals surface area contributed by atoms with Gasteiger partial charge in [-0.1, -0.05) is 12.1 Å². The van der Waals surface area contributed by atoms with Gasteiger partial charge in [0.2, 0.25) is 5.91 Å². The molecule has 3 nitrogen and oxygen atoms in total. The van der Waals surface area contributed by atoms with Gasteiger partial charge in [-0.05, 0) is 34.1 Å². The molecule has 0 saturated heterocycles. The van der Waals surface area contributed by atoms with E-state index in [4.69, 9.17) is 4.74 Å². The van der Waals surface area contributed by atoms with Crippen LogP contribution in [0.25, 0.3) is 0 Å². The van der Waals surface area contributed by atoms with Crippen LogP contribution in [-0.2, 0) is 11.2 Å². The smallest absolute Gasteiger partial charge is 0.228 e. The summed E-state index contributed by atoms with van der Waals surface area (Å²) in [6, 6.07) is 8.82. The van der Waals surface area contributed by atoms with Crippen LogP contribution in [0.5, 0.6) is 5.75 Å². The number of amides is 1. The quantitative estimate of drug-likeness (QED) is 0.902. The highest BCUT2D eigenvalue weighted by Gasteiger charge is 2.13. The summed E-state index contributed by atoms with van der Waals surface area (Å²) in [6.45, 7) is 0. The van der Waals surface area contributed by atoms with E-state index in [0.717, 1.165) is 6.07 Å². The van der Waals surface area contributed by atoms with Crippen LogP contribution >= 0.6 is 15.9 Å². The molecule has 0 saturated carbocycles. The highest BCUT2D eigenvalue weighted by molar-refractivity contribution is 9.10. The number of methoxy groups -OCH3 is 1. The van der Waals surface area contributed by atoms with Crippen molar-refractivity contribution in [1.29, 1.82) is 0 Å². The summed E-state index contributed by atoms with van der Waals surface area (Å²) in [7, 11) is 1.51. The van der Waals surface area contributed by atoms with Crippen molar-refractivity contribution in [2.75, 3.05) is 12.4 Å². The summed E-state index contributed by atoms with van der Waals surface area (Å²) in [5, 5.41) is 2.63. The van der Waals surface area contributed by atoms with Gasteiger partial charge < -0.3 is 10.1 Å². The minimum atomic E-state index is -1.00. The minimum absolute atomic E-state index is 0.00604. The Labute approximate surface area is 129 Å². The van der Waals surface area contributed by atoms with E-state index in [1.54, 1.807) is 18.2 Å². The standard InChI is InChI=1S/C15H12BrF2NO2/c1-21-10-5-6-11(16)13(8-10)19-14(20)7-9-3-2-4-12(17)15(9)18/h2-6,8H,7H2,1H3,(H,19,20). The molecule has 0 spiro atoms. The fourth-order valence-corrected chi connectivity index (χ4v) is 2.13. The van der Waals surface area contributed by atoms with Gasteiger partial charge in [0.25, 0.3) is 0 Å². The molecule has 0 radical (unpaired) electrons.